The Labute approximate surface area is 67.7 Å². The number of rotatable bonds is 0. The van der Waals surface area contributed by atoms with Crippen molar-refractivity contribution in [2.75, 3.05) is 13.6 Å². The zero-order chi connectivity index (χ0) is 8.43. The van der Waals surface area contributed by atoms with E-state index in [2.05, 4.69) is 31.0 Å². The molecule has 0 spiro atoms. The third-order valence-electron chi connectivity index (χ3n) is 2.52. The average Bonchev–Trinajstić information content (AvgIpc) is 1.97. The first-order valence-electron chi connectivity index (χ1n) is 4.06. The summed E-state index contributed by atoms with van der Waals surface area (Å²) < 4.78 is 0. The summed E-state index contributed by atoms with van der Waals surface area (Å²) >= 11 is 0. The molecule has 64 valence electrons. The molecule has 0 radical (unpaired) electrons. The lowest BCUT2D eigenvalue weighted by Gasteiger charge is -2.33. The monoisotopic (exact) mass is 156 g/mol. The van der Waals surface area contributed by atoms with Crippen LogP contribution in [0.15, 0.2) is 5.16 Å². The van der Waals surface area contributed by atoms with Gasteiger partial charge in [-0.25, -0.2) is 0 Å². The molecule has 0 aliphatic carbocycles. The van der Waals surface area contributed by atoms with Crippen molar-refractivity contribution in [3.05, 3.63) is 0 Å². The van der Waals surface area contributed by atoms with E-state index in [0.717, 1.165) is 18.7 Å². The Morgan fingerprint density at radius 3 is 2.73 bits per heavy atom. The maximum absolute atomic E-state index is 8.63. The van der Waals surface area contributed by atoms with Crippen molar-refractivity contribution in [2.24, 2.45) is 11.1 Å². The number of hydrogen-bond donors (Lipinski definition) is 1. The fraction of sp³-hybridized carbons (Fsp3) is 0.875. The largest absolute Gasteiger partial charge is 0.411 e. The molecule has 0 amide bonds. The molecule has 11 heavy (non-hydrogen) atoms. The van der Waals surface area contributed by atoms with Gasteiger partial charge in [-0.05, 0) is 14.0 Å². The van der Waals surface area contributed by atoms with E-state index in [9.17, 15) is 0 Å². The lowest BCUT2D eigenvalue weighted by molar-refractivity contribution is 0.216. The molecule has 1 aliphatic heterocycles. The molecular formula is C8H16N2O. The summed E-state index contributed by atoms with van der Waals surface area (Å²) in [6, 6.07) is 0.511. The number of oxime groups is 1. The molecule has 0 aromatic rings. The molecular weight excluding hydrogens is 140 g/mol. The topological polar surface area (TPSA) is 35.8 Å². The van der Waals surface area contributed by atoms with E-state index in [-0.39, 0.29) is 0 Å². The highest BCUT2D eigenvalue weighted by Gasteiger charge is 2.25. The van der Waals surface area contributed by atoms with Crippen LogP contribution in [0.25, 0.3) is 0 Å². The smallest absolute Gasteiger partial charge is 0.0627 e. The van der Waals surface area contributed by atoms with Crippen LogP contribution in [-0.2, 0) is 0 Å². The predicted molar refractivity (Wildman–Crippen MR) is 45.1 cm³/mol. The van der Waals surface area contributed by atoms with E-state index < -0.39 is 0 Å². The molecule has 1 N–H and O–H groups in total. The van der Waals surface area contributed by atoms with E-state index in [4.69, 9.17) is 5.21 Å². The summed E-state index contributed by atoms with van der Waals surface area (Å²) in [5.41, 5.74) is 0.940. The van der Waals surface area contributed by atoms with Crippen LogP contribution >= 0.6 is 0 Å². The summed E-state index contributed by atoms with van der Waals surface area (Å²) in [7, 11) is 2.11. The van der Waals surface area contributed by atoms with Crippen molar-refractivity contribution in [1.82, 2.24) is 4.90 Å². The first kappa shape index (κ1) is 8.53. The molecule has 1 heterocycles. The van der Waals surface area contributed by atoms with Crippen molar-refractivity contribution in [3.63, 3.8) is 0 Å². The van der Waals surface area contributed by atoms with E-state index in [1.165, 1.54) is 0 Å². The second-order valence-corrected chi connectivity index (χ2v) is 3.49. The molecule has 2 atom stereocenters. The minimum atomic E-state index is 0.404. The van der Waals surface area contributed by atoms with Crippen molar-refractivity contribution in [3.8, 4) is 0 Å². The quantitative estimate of drug-likeness (QED) is 0.422. The Morgan fingerprint density at radius 1 is 1.55 bits per heavy atom. The third-order valence-corrected chi connectivity index (χ3v) is 2.52. The van der Waals surface area contributed by atoms with E-state index in [1.54, 1.807) is 0 Å². The van der Waals surface area contributed by atoms with Crippen LogP contribution in [-0.4, -0.2) is 35.5 Å². The van der Waals surface area contributed by atoms with Gasteiger partial charge in [-0.15, -0.1) is 0 Å². The highest BCUT2D eigenvalue weighted by Crippen LogP contribution is 2.17. The number of piperidine rings is 1. The van der Waals surface area contributed by atoms with Crippen molar-refractivity contribution >= 4 is 5.71 Å². The van der Waals surface area contributed by atoms with Crippen LogP contribution < -0.4 is 0 Å². The van der Waals surface area contributed by atoms with Gasteiger partial charge in [0, 0.05) is 24.9 Å². The molecule has 3 nitrogen and oxygen atoms in total. The van der Waals surface area contributed by atoms with Gasteiger partial charge < -0.3 is 10.1 Å². The predicted octanol–water partition coefficient (Wildman–Crippen LogP) is 1.18. The molecule has 0 aromatic carbocycles. The highest BCUT2D eigenvalue weighted by molar-refractivity contribution is 5.87. The molecule has 0 aromatic heterocycles. The van der Waals surface area contributed by atoms with Crippen LogP contribution in [0.1, 0.15) is 20.3 Å². The Balaban J connectivity index is 2.62. The number of likely N-dealkylation sites (tertiary alicyclic amines) is 1. The lowest BCUT2D eigenvalue weighted by Crippen LogP contribution is -2.42. The van der Waals surface area contributed by atoms with E-state index >= 15 is 0 Å². The molecule has 0 unspecified atom stereocenters. The van der Waals surface area contributed by atoms with Crippen molar-refractivity contribution in [1.29, 1.82) is 0 Å². The molecule has 0 saturated carbocycles. The second-order valence-electron chi connectivity index (χ2n) is 3.49. The van der Waals surface area contributed by atoms with Gasteiger partial charge in [0.2, 0.25) is 0 Å². The first-order chi connectivity index (χ1) is 5.15. The molecule has 1 fully saturated rings. The van der Waals surface area contributed by atoms with E-state index in [1.807, 2.05) is 0 Å². The number of nitrogens with zero attached hydrogens (tertiary/aromatic N) is 2. The molecule has 1 saturated heterocycles. The maximum Gasteiger partial charge on any atom is 0.0627 e. The maximum atomic E-state index is 8.63. The van der Waals surface area contributed by atoms with Gasteiger partial charge in [0.25, 0.3) is 0 Å². The average molecular weight is 156 g/mol. The fourth-order valence-corrected chi connectivity index (χ4v) is 1.52. The van der Waals surface area contributed by atoms with Gasteiger partial charge in [0.1, 0.15) is 0 Å². The van der Waals surface area contributed by atoms with Crippen LogP contribution in [0.3, 0.4) is 0 Å². The molecule has 1 aliphatic rings. The van der Waals surface area contributed by atoms with Crippen LogP contribution in [0.5, 0.6) is 0 Å². The third kappa shape index (κ3) is 1.71. The Bertz CT molecular complexity index is 167. The highest BCUT2D eigenvalue weighted by atomic mass is 16.4. The SMILES string of the molecule is C[C@H]1CN(C)[C@@H](C)C/C1=N\O. The van der Waals surface area contributed by atoms with Crippen LogP contribution in [0.2, 0.25) is 0 Å². The van der Waals surface area contributed by atoms with Gasteiger partial charge >= 0.3 is 0 Å². The summed E-state index contributed by atoms with van der Waals surface area (Å²) in [4.78, 5) is 2.29. The normalized spacial score (nSPS) is 37.9. The van der Waals surface area contributed by atoms with Gasteiger partial charge in [-0.1, -0.05) is 12.1 Å². The molecule has 0 bridgehead atoms. The van der Waals surface area contributed by atoms with Gasteiger partial charge in [-0.2, -0.15) is 0 Å². The van der Waals surface area contributed by atoms with Crippen LogP contribution in [0.4, 0.5) is 0 Å². The minimum absolute atomic E-state index is 0.404. The second kappa shape index (κ2) is 3.22. The first-order valence-corrected chi connectivity index (χ1v) is 4.06. The van der Waals surface area contributed by atoms with E-state index in [0.29, 0.717) is 12.0 Å². The van der Waals surface area contributed by atoms with Gasteiger partial charge in [0.05, 0.1) is 5.71 Å². The Hall–Kier alpha value is -0.570. The van der Waals surface area contributed by atoms with Crippen LogP contribution in [0, 0.1) is 5.92 Å². The Morgan fingerprint density at radius 2 is 2.18 bits per heavy atom. The van der Waals surface area contributed by atoms with Crippen molar-refractivity contribution in [2.45, 2.75) is 26.3 Å². The standard InChI is InChI=1S/C8H16N2O/c1-6-5-10(3)7(2)4-8(6)9-11/h6-7,11H,4-5H2,1-3H3/b9-8+/t6-,7-/m0/s1. The summed E-state index contributed by atoms with van der Waals surface area (Å²) in [5, 5.41) is 11.9. The van der Waals surface area contributed by atoms with Gasteiger partial charge in [0.15, 0.2) is 0 Å². The molecule has 3 heteroatoms. The fourth-order valence-electron chi connectivity index (χ4n) is 1.52. The van der Waals surface area contributed by atoms with Crippen molar-refractivity contribution < 1.29 is 5.21 Å². The number of hydrogen-bond acceptors (Lipinski definition) is 3. The Kier molecular flexibility index (Phi) is 2.49. The molecule has 1 rings (SSSR count). The summed E-state index contributed by atoms with van der Waals surface area (Å²) in [6.07, 6.45) is 0.897. The lowest BCUT2D eigenvalue weighted by atomic mass is 9.93. The zero-order valence-electron chi connectivity index (χ0n) is 7.41. The summed E-state index contributed by atoms with van der Waals surface area (Å²) in [6.45, 7) is 5.25. The van der Waals surface area contributed by atoms with Gasteiger partial charge in [-0.3, -0.25) is 0 Å². The minimum Gasteiger partial charge on any atom is -0.411 e. The zero-order valence-corrected chi connectivity index (χ0v) is 7.41. The summed E-state index contributed by atoms with van der Waals surface area (Å²) in [5.74, 6) is 0.404.